The number of hydrogen-bond donors (Lipinski definition) is 1. The third-order valence-corrected chi connectivity index (χ3v) is 5.81. The van der Waals surface area contributed by atoms with Gasteiger partial charge in [0.1, 0.15) is 5.82 Å². The Labute approximate surface area is 175 Å². The summed E-state index contributed by atoms with van der Waals surface area (Å²) in [6.45, 7) is 3.41. The number of imidazole rings is 1. The topological polar surface area (TPSA) is 61.9 Å². The fourth-order valence-electron chi connectivity index (χ4n) is 4.30. The van der Waals surface area contributed by atoms with Gasteiger partial charge in [0.25, 0.3) is 5.91 Å². The zero-order valence-electron chi connectivity index (χ0n) is 17.0. The van der Waals surface area contributed by atoms with E-state index in [-0.39, 0.29) is 11.8 Å². The minimum atomic E-state index is 0.0769. The first kappa shape index (κ1) is 18.6. The van der Waals surface area contributed by atoms with Gasteiger partial charge in [-0.3, -0.25) is 9.78 Å². The first-order valence-corrected chi connectivity index (χ1v) is 10.5. The molecule has 0 bridgehead atoms. The van der Waals surface area contributed by atoms with Gasteiger partial charge in [-0.15, -0.1) is 0 Å². The quantitative estimate of drug-likeness (QED) is 0.533. The number of aryl methyl sites for hydroxylation is 1. The summed E-state index contributed by atoms with van der Waals surface area (Å²) in [5, 5.41) is 0. The molecule has 0 radical (unpaired) electrons. The van der Waals surface area contributed by atoms with Crippen molar-refractivity contribution in [1.82, 2.24) is 19.9 Å². The molecule has 0 spiro atoms. The van der Waals surface area contributed by atoms with E-state index in [9.17, 15) is 4.79 Å². The summed E-state index contributed by atoms with van der Waals surface area (Å²) < 4.78 is 0. The van der Waals surface area contributed by atoms with E-state index in [1.54, 1.807) is 0 Å². The molecule has 1 unspecified atom stereocenters. The van der Waals surface area contributed by atoms with E-state index in [2.05, 4.69) is 34.2 Å². The van der Waals surface area contributed by atoms with Crippen LogP contribution in [0.4, 0.5) is 0 Å². The number of carbonyl (C=O) groups is 1. The molecule has 1 aliphatic rings. The van der Waals surface area contributed by atoms with Crippen LogP contribution in [0.1, 0.15) is 40.6 Å². The van der Waals surface area contributed by atoms with Crippen molar-refractivity contribution >= 4 is 16.9 Å². The summed E-state index contributed by atoms with van der Waals surface area (Å²) in [6.07, 6.45) is 2.03. The zero-order valence-corrected chi connectivity index (χ0v) is 17.0. The van der Waals surface area contributed by atoms with Gasteiger partial charge in [-0.1, -0.05) is 36.4 Å². The Bertz CT molecular complexity index is 1200. The number of nitrogens with zero attached hydrogens (tertiary/aromatic N) is 3. The highest BCUT2D eigenvalue weighted by Gasteiger charge is 2.26. The Balaban J connectivity index is 1.37. The Hall–Kier alpha value is -3.47. The number of hydrogen-bond acceptors (Lipinski definition) is 3. The number of aromatic amines is 1. The van der Waals surface area contributed by atoms with E-state index in [1.165, 1.54) is 0 Å². The minimum Gasteiger partial charge on any atom is -0.342 e. The molecule has 5 heteroatoms. The van der Waals surface area contributed by atoms with Crippen molar-refractivity contribution in [3.8, 4) is 11.3 Å². The molecule has 30 heavy (non-hydrogen) atoms. The smallest absolute Gasteiger partial charge is 0.253 e. The van der Waals surface area contributed by atoms with Gasteiger partial charge in [0, 0.05) is 35.8 Å². The van der Waals surface area contributed by atoms with Gasteiger partial charge in [-0.2, -0.15) is 0 Å². The molecule has 1 fully saturated rings. The molecule has 1 saturated heterocycles. The van der Waals surface area contributed by atoms with Crippen molar-refractivity contribution in [1.29, 1.82) is 0 Å². The van der Waals surface area contributed by atoms with Crippen molar-refractivity contribution in [2.45, 2.75) is 25.7 Å². The fraction of sp³-hybridized carbons (Fsp3) is 0.240. The van der Waals surface area contributed by atoms with Crippen LogP contribution in [-0.2, 0) is 0 Å². The number of piperidine rings is 1. The standard InChI is InChI=1S/C25H24N4O/c1-17-26-23-13-12-19(15-24(23)27-17)25(30)29-14-6-9-20(16-29)22-11-5-10-21(28-22)18-7-3-2-4-8-18/h2-5,7-8,10-13,15,20H,6,9,14,16H2,1H3,(H,26,27). The van der Waals surface area contributed by atoms with E-state index >= 15 is 0 Å². The van der Waals surface area contributed by atoms with Crippen molar-refractivity contribution in [2.24, 2.45) is 0 Å². The number of pyridine rings is 1. The van der Waals surface area contributed by atoms with Gasteiger partial charge >= 0.3 is 0 Å². The number of rotatable bonds is 3. The highest BCUT2D eigenvalue weighted by atomic mass is 16.2. The number of H-pyrrole nitrogens is 1. The van der Waals surface area contributed by atoms with E-state index in [1.807, 2.05) is 54.3 Å². The lowest BCUT2D eigenvalue weighted by molar-refractivity contribution is 0.0706. The molecule has 1 atom stereocenters. The summed E-state index contributed by atoms with van der Waals surface area (Å²) in [4.78, 5) is 27.7. The number of nitrogens with one attached hydrogen (secondary N) is 1. The van der Waals surface area contributed by atoms with Crippen molar-refractivity contribution < 1.29 is 4.79 Å². The summed E-state index contributed by atoms with van der Waals surface area (Å²) in [7, 11) is 0. The Morgan fingerprint density at radius 1 is 1.03 bits per heavy atom. The SMILES string of the molecule is Cc1nc2ccc(C(=O)N3CCCC(c4cccc(-c5ccccc5)n4)C3)cc2[nH]1. The van der Waals surface area contributed by atoms with E-state index in [0.29, 0.717) is 12.1 Å². The lowest BCUT2D eigenvalue weighted by Gasteiger charge is -2.32. The van der Waals surface area contributed by atoms with Crippen LogP contribution >= 0.6 is 0 Å². The van der Waals surface area contributed by atoms with Crippen molar-refractivity contribution in [3.63, 3.8) is 0 Å². The maximum Gasteiger partial charge on any atom is 0.253 e. The molecule has 0 saturated carbocycles. The number of benzene rings is 2. The lowest BCUT2D eigenvalue weighted by Crippen LogP contribution is -2.39. The Kier molecular flexibility index (Phi) is 4.79. The average Bonchev–Trinajstić information content (AvgIpc) is 3.18. The van der Waals surface area contributed by atoms with Crippen LogP contribution in [0.2, 0.25) is 0 Å². The van der Waals surface area contributed by atoms with Gasteiger partial charge in [0.05, 0.1) is 16.7 Å². The van der Waals surface area contributed by atoms with Crippen LogP contribution in [0.25, 0.3) is 22.3 Å². The normalized spacial score (nSPS) is 16.7. The average molecular weight is 396 g/mol. The molecule has 1 amide bonds. The summed E-state index contributed by atoms with van der Waals surface area (Å²) in [5.41, 5.74) is 5.67. The number of likely N-dealkylation sites (tertiary alicyclic amines) is 1. The second-order valence-electron chi connectivity index (χ2n) is 7.96. The predicted molar refractivity (Wildman–Crippen MR) is 118 cm³/mol. The van der Waals surface area contributed by atoms with Crippen LogP contribution in [-0.4, -0.2) is 38.8 Å². The van der Waals surface area contributed by atoms with Gasteiger partial charge in [0.2, 0.25) is 0 Å². The molecular formula is C25H24N4O. The molecule has 1 aliphatic heterocycles. The third kappa shape index (κ3) is 3.59. The largest absolute Gasteiger partial charge is 0.342 e. The number of amides is 1. The van der Waals surface area contributed by atoms with Crippen LogP contribution in [0.3, 0.4) is 0 Å². The molecule has 1 N–H and O–H groups in total. The van der Waals surface area contributed by atoms with Crippen molar-refractivity contribution in [2.75, 3.05) is 13.1 Å². The van der Waals surface area contributed by atoms with Gasteiger partial charge < -0.3 is 9.88 Å². The third-order valence-electron chi connectivity index (χ3n) is 5.81. The molecule has 4 aromatic rings. The molecule has 2 aromatic heterocycles. The Morgan fingerprint density at radius 2 is 1.90 bits per heavy atom. The van der Waals surface area contributed by atoms with Crippen LogP contribution in [0, 0.1) is 6.92 Å². The highest BCUT2D eigenvalue weighted by Crippen LogP contribution is 2.28. The van der Waals surface area contributed by atoms with Crippen LogP contribution in [0.5, 0.6) is 0 Å². The zero-order chi connectivity index (χ0) is 20.5. The number of carbonyl (C=O) groups excluding carboxylic acids is 1. The summed E-state index contributed by atoms with van der Waals surface area (Å²) in [5.74, 6) is 1.19. The van der Waals surface area contributed by atoms with Crippen LogP contribution in [0.15, 0.2) is 66.7 Å². The monoisotopic (exact) mass is 396 g/mol. The van der Waals surface area contributed by atoms with E-state index in [0.717, 1.165) is 53.2 Å². The molecular weight excluding hydrogens is 372 g/mol. The minimum absolute atomic E-state index is 0.0769. The maximum absolute atomic E-state index is 13.2. The van der Waals surface area contributed by atoms with Gasteiger partial charge in [0.15, 0.2) is 0 Å². The molecule has 5 rings (SSSR count). The predicted octanol–water partition coefficient (Wildman–Crippen LogP) is 4.95. The fourth-order valence-corrected chi connectivity index (χ4v) is 4.30. The number of aromatic nitrogens is 3. The van der Waals surface area contributed by atoms with E-state index in [4.69, 9.17) is 4.98 Å². The molecule has 0 aliphatic carbocycles. The molecule has 5 nitrogen and oxygen atoms in total. The first-order chi connectivity index (χ1) is 14.7. The number of fused-ring (bicyclic) bond motifs is 1. The molecule has 150 valence electrons. The maximum atomic E-state index is 13.2. The second-order valence-corrected chi connectivity index (χ2v) is 7.96. The van der Waals surface area contributed by atoms with Gasteiger partial charge in [-0.25, -0.2) is 4.98 Å². The summed E-state index contributed by atoms with van der Waals surface area (Å²) in [6, 6.07) is 22.1. The summed E-state index contributed by atoms with van der Waals surface area (Å²) >= 11 is 0. The van der Waals surface area contributed by atoms with Crippen molar-refractivity contribution in [3.05, 3.63) is 83.8 Å². The highest BCUT2D eigenvalue weighted by molar-refractivity contribution is 5.97. The first-order valence-electron chi connectivity index (χ1n) is 10.5. The molecule has 3 heterocycles. The van der Waals surface area contributed by atoms with Gasteiger partial charge in [-0.05, 0) is 50.1 Å². The van der Waals surface area contributed by atoms with Crippen LogP contribution < -0.4 is 0 Å². The second kappa shape index (κ2) is 7.75. The Morgan fingerprint density at radius 3 is 2.77 bits per heavy atom. The lowest BCUT2D eigenvalue weighted by atomic mass is 9.93. The van der Waals surface area contributed by atoms with E-state index < -0.39 is 0 Å². The molecule has 2 aromatic carbocycles.